The van der Waals surface area contributed by atoms with Crippen LogP contribution in [0.4, 0.5) is 10.5 Å². The molecule has 1 amide bonds. The third-order valence-corrected chi connectivity index (χ3v) is 3.49. The molecule has 0 spiro atoms. The monoisotopic (exact) mass is 362 g/mol. The van der Waals surface area contributed by atoms with Crippen molar-refractivity contribution in [2.45, 2.75) is 32.5 Å². The lowest BCUT2D eigenvalue weighted by Gasteiger charge is -2.34. The first-order valence-corrected chi connectivity index (χ1v) is 8.02. The molecular weight excluding hydrogens is 343 g/mol. The average molecular weight is 363 g/mol. The average Bonchev–Trinajstić information content (AvgIpc) is 2.47. The number of carbonyl (C=O) groups is 1. The highest BCUT2D eigenvalue weighted by Crippen LogP contribution is 2.21. The molecule has 0 saturated carbocycles. The van der Waals surface area contributed by atoms with Crippen LogP contribution in [0.25, 0.3) is 0 Å². The minimum absolute atomic E-state index is 0.181. The quantitative estimate of drug-likeness (QED) is 0.890. The number of hydrogen-bond donors (Lipinski definition) is 1. The van der Waals surface area contributed by atoms with Gasteiger partial charge in [-0.3, -0.25) is 0 Å². The van der Waals surface area contributed by atoms with Gasteiger partial charge in [0.15, 0.2) is 10.3 Å². The number of carbonyl (C=O) groups excluding carboxylic acids is 1. The second-order valence-electron chi connectivity index (χ2n) is 6.17. The van der Waals surface area contributed by atoms with Crippen LogP contribution in [0.1, 0.15) is 20.8 Å². The summed E-state index contributed by atoms with van der Waals surface area (Å²) in [7, 11) is 0. The molecule has 1 aliphatic rings. The number of anilines is 1. The van der Waals surface area contributed by atoms with Gasteiger partial charge in [-0.05, 0) is 20.8 Å². The van der Waals surface area contributed by atoms with Crippen LogP contribution in [-0.2, 0) is 9.47 Å². The van der Waals surface area contributed by atoms with E-state index in [2.05, 4.69) is 15.5 Å². The second kappa shape index (κ2) is 7.51. The van der Waals surface area contributed by atoms with Crippen molar-refractivity contribution < 1.29 is 14.3 Å². The van der Waals surface area contributed by atoms with Crippen LogP contribution in [0, 0.1) is 0 Å². The first-order valence-electron chi connectivity index (χ1n) is 7.27. The summed E-state index contributed by atoms with van der Waals surface area (Å²) in [6.45, 7) is 7.38. The normalized spacial score (nSPS) is 18.7. The minimum Gasteiger partial charge on any atom is -0.444 e. The number of rotatable bonds is 3. The zero-order valence-corrected chi connectivity index (χ0v) is 14.8. The van der Waals surface area contributed by atoms with Crippen molar-refractivity contribution in [3.63, 3.8) is 0 Å². The van der Waals surface area contributed by atoms with Gasteiger partial charge in [0.05, 0.1) is 24.9 Å². The molecule has 1 aliphatic heterocycles. The number of morpholine rings is 1. The van der Waals surface area contributed by atoms with Gasteiger partial charge >= 0.3 is 6.09 Å². The summed E-state index contributed by atoms with van der Waals surface area (Å²) >= 11 is 11.7. The molecule has 0 aliphatic carbocycles. The lowest BCUT2D eigenvalue weighted by molar-refractivity contribution is -0.0371. The minimum atomic E-state index is -0.518. The fraction of sp³-hybridized carbons (Fsp3) is 0.643. The van der Waals surface area contributed by atoms with Crippen LogP contribution in [0.5, 0.6) is 0 Å². The van der Waals surface area contributed by atoms with Gasteiger partial charge in [0.25, 0.3) is 0 Å². The number of nitrogens with zero attached hydrogens (tertiary/aromatic N) is 3. The van der Waals surface area contributed by atoms with E-state index in [0.717, 1.165) is 0 Å². The highest BCUT2D eigenvalue weighted by Gasteiger charge is 2.28. The molecule has 2 rings (SSSR count). The molecule has 2 heterocycles. The summed E-state index contributed by atoms with van der Waals surface area (Å²) in [5.74, 6) is 0. The molecule has 0 bridgehead atoms. The Hall–Kier alpha value is -1.31. The van der Waals surface area contributed by atoms with E-state index in [1.54, 1.807) is 11.0 Å². The molecule has 0 aromatic carbocycles. The predicted molar refractivity (Wildman–Crippen MR) is 88.1 cm³/mol. The van der Waals surface area contributed by atoms with Crippen LogP contribution in [-0.4, -0.2) is 59.1 Å². The zero-order chi connectivity index (χ0) is 17.0. The number of ether oxygens (including phenoxy) is 2. The van der Waals surface area contributed by atoms with Crippen LogP contribution in [0.2, 0.25) is 10.3 Å². The van der Waals surface area contributed by atoms with Gasteiger partial charge in [-0.1, -0.05) is 23.2 Å². The Bertz CT molecular complexity index is 565. The number of halogens is 2. The Labute approximate surface area is 145 Å². The third kappa shape index (κ3) is 5.67. The van der Waals surface area contributed by atoms with Crippen molar-refractivity contribution in [1.82, 2.24) is 15.1 Å². The van der Waals surface area contributed by atoms with E-state index in [0.29, 0.717) is 31.9 Å². The van der Waals surface area contributed by atoms with Gasteiger partial charge in [-0.15, -0.1) is 10.2 Å². The van der Waals surface area contributed by atoms with Crippen LogP contribution in [0.15, 0.2) is 6.07 Å². The molecule has 1 saturated heterocycles. The van der Waals surface area contributed by atoms with Gasteiger partial charge < -0.3 is 19.7 Å². The van der Waals surface area contributed by atoms with Gasteiger partial charge in [0.2, 0.25) is 0 Å². The number of amides is 1. The Morgan fingerprint density at radius 2 is 2.22 bits per heavy atom. The van der Waals surface area contributed by atoms with Crippen LogP contribution >= 0.6 is 23.2 Å². The summed E-state index contributed by atoms with van der Waals surface area (Å²) < 4.78 is 11.0. The van der Waals surface area contributed by atoms with Crippen molar-refractivity contribution in [2.75, 3.05) is 31.6 Å². The topological polar surface area (TPSA) is 76.6 Å². The maximum absolute atomic E-state index is 12.1. The maximum Gasteiger partial charge on any atom is 0.410 e. The van der Waals surface area contributed by atoms with E-state index < -0.39 is 5.60 Å². The van der Waals surface area contributed by atoms with Crippen molar-refractivity contribution >= 4 is 35.0 Å². The van der Waals surface area contributed by atoms with Gasteiger partial charge in [-0.25, -0.2) is 4.79 Å². The molecule has 128 valence electrons. The van der Waals surface area contributed by atoms with Crippen LogP contribution in [0.3, 0.4) is 0 Å². The summed E-state index contributed by atoms with van der Waals surface area (Å²) in [5.41, 5.74) is 0.0560. The molecule has 1 aromatic rings. The second-order valence-corrected chi connectivity index (χ2v) is 6.92. The molecule has 23 heavy (non-hydrogen) atoms. The van der Waals surface area contributed by atoms with E-state index in [1.165, 1.54) is 0 Å². The number of nitrogens with one attached hydrogen (secondary N) is 1. The first-order chi connectivity index (χ1) is 10.7. The molecular formula is C14H20Cl2N4O3. The lowest BCUT2D eigenvalue weighted by Crippen LogP contribution is -2.49. The summed E-state index contributed by atoms with van der Waals surface area (Å²) in [6.07, 6.45) is -0.517. The predicted octanol–water partition coefficient (Wildman–Crippen LogP) is 2.83. The SMILES string of the molecule is CC(C)(C)OC(=O)N1CCOC(CNc2cc(Cl)nnc2Cl)C1. The Kier molecular flexibility index (Phi) is 5.89. The maximum atomic E-state index is 12.1. The Morgan fingerprint density at radius 3 is 2.91 bits per heavy atom. The molecule has 1 atom stereocenters. The standard InChI is InChI=1S/C14H20Cl2N4O3/c1-14(2,3)23-13(21)20-4-5-22-9(8-20)7-17-10-6-11(15)18-19-12(10)16/h6,9H,4-5,7-8H2,1-3H3,(H,17,18). The fourth-order valence-corrected chi connectivity index (χ4v) is 2.34. The third-order valence-electron chi connectivity index (χ3n) is 3.03. The van der Waals surface area contributed by atoms with Crippen molar-refractivity contribution in [3.8, 4) is 0 Å². The van der Waals surface area contributed by atoms with E-state index in [9.17, 15) is 4.79 Å². The number of aromatic nitrogens is 2. The lowest BCUT2D eigenvalue weighted by atomic mass is 10.2. The van der Waals surface area contributed by atoms with Gasteiger partial charge in [0.1, 0.15) is 5.60 Å². The summed E-state index contributed by atoms with van der Waals surface area (Å²) in [6, 6.07) is 1.59. The molecule has 7 nitrogen and oxygen atoms in total. The molecule has 1 fully saturated rings. The number of hydrogen-bond acceptors (Lipinski definition) is 6. The Balaban J connectivity index is 1.89. The van der Waals surface area contributed by atoms with E-state index >= 15 is 0 Å². The fourth-order valence-electron chi connectivity index (χ4n) is 2.04. The molecule has 1 N–H and O–H groups in total. The first kappa shape index (κ1) is 18.0. The van der Waals surface area contributed by atoms with Crippen molar-refractivity contribution in [3.05, 3.63) is 16.4 Å². The molecule has 1 aromatic heterocycles. The van der Waals surface area contributed by atoms with E-state index in [-0.39, 0.29) is 22.5 Å². The highest BCUT2D eigenvalue weighted by atomic mass is 35.5. The summed E-state index contributed by atoms with van der Waals surface area (Å²) in [4.78, 5) is 13.7. The van der Waals surface area contributed by atoms with Gasteiger partial charge in [0, 0.05) is 19.2 Å². The molecule has 1 unspecified atom stereocenters. The largest absolute Gasteiger partial charge is 0.444 e. The highest BCUT2D eigenvalue weighted by molar-refractivity contribution is 6.33. The van der Waals surface area contributed by atoms with Crippen molar-refractivity contribution in [2.24, 2.45) is 0 Å². The van der Waals surface area contributed by atoms with E-state index in [1.807, 2.05) is 20.8 Å². The molecule has 9 heteroatoms. The van der Waals surface area contributed by atoms with Crippen molar-refractivity contribution in [1.29, 1.82) is 0 Å². The zero-order valence-electron chi connectivity index (χ0n) is 13.3. The smallest absolute Gasteiger partial charge is 0.410 e. The van der Waals surface area contributed by atoms with E-state index in [4.69, 9.17) is 32.7 Å². The Morgan fingerprint density at radius 1 is 1.48 bits per heavy atom. The van der Waals surface area contributed by atoms with Gasteiger partial charge in [-0.2, -0.15) is 0 Å². The summed E-state index contributed by atoms with van der Waals surface area (Å²) in [5, 5.41) is 11.0. The molecule has 0 radical (unpaired) electrons. The van der Waals surface area contributed by atoms with Crippen LogP contribution < -0.4 is 5.32 Å².